The van der Waals surface area contributed by atoms with E-state index in [1.807, 2.05) is 6.07 Å². The number of thiophene rings is 1. The Morgan fingerprint density at radius 3 is 2.56 bits per heavy atom. The van der Waals surface area contributed by atoms with E-state index in [-0.39, 0.29) is 24.0 Å². The summed E-state index contributed by atoms with van der Waals surface area (Å²) in [6, 6.07) is 3.60. The van der Waals surface area contributed by atoms with Crippen LogP contribution in [0.5, 0.6) is 5.06 Å². The topological polar surface area (TPSA) is 87.0 Å². The summed E-state index contributed by atoms with van der Waals surface area (Å²) in [6.07, 6.45) is 8.27. The molecule has 154 valence electrons. The lowest BCUT2D eigenvalue weighted by molar-refractivity contribution is 0.107. The summed E-state index contributed by atoms with van der Waals surface area (Å²) in [5, 5.41) is 28.3. The Morgan fingerprint density at radius 1 is 1.11 bits per heavy atom. The lowest BCUT2D eigenvalue weighted by Crippen LogP contribution is -2.21. The fourth-order valence-corrected chi connectivity index (χ4v) is 5.49. The van der Waals surface area contributed by atoms with Gasteiger partial charge in [0.2, 0.25) is 0 Å². The fraction of sp³-hybridized carbons (Fsp3) is 0.750. The van der Waals surface area contributed by atoms with E-state index >= 15 is 0 Å². The van der Waals surface area contributed by atoms with Gasteiger partial charge in [-0.2, -0.15) is 0 Å². The second-order valence-corrected chi connectivity index (χ2v) is 9.10. The highest BCUT2D eigenvalue weighted by Gasteiger charge is 2.40. The maximum Gasteiger partial charge on any atom is 0.512 e. The molecule has 0 aromatic carbocycles. The number of halogens is 1. The van der Waals surface area contributed by atoms with Crippen LogP contribution >= 0.6 is 22.9 Å². The molecule has 7 heteroatoms. The van der Waals surface area contributed by atoms with Gasteiger partial charge in [0.15, 0.2) is 5.06 Å². The summed E-state index contributed by atoms with van der Waals surface area (Å²) < 4.78 is 4.67. The number of hydrogen-bond acceptors (Lipinski definition) is 5. The number of carboxylic acid groups (broad SMARTS) is 1. The van der Waals surface area contributed by atoms with E-state index in [4.69, 9.17) is 21.8 Å². The normalized spacial score (nSPS) is 25.0. The summed E-state index contributed by atoms with van der Waals surface area (Å²) in [4.78, 5) is 11.7. The lowest BCUT2D eigenvalue weighted by atomic mass is 9.86. The summed E-state index contributed by atoms with van der Waals surface area (Å²) in [5.41, 5.74) is 0. The summed E-state index contributed by atoms with van der Waals surface area (Å²) >= 11 is 7.89. The summed E-state index contributed by atoms with van der Waals surface area (Å²) in [5.74, 6) is 0.619. The first-order chi connectivity index (χ1) is 13.0. The molecule has 1 aliphatic carbocycles. The maximum absolute atomic E-state index is 10.6. The monoisotopic (exact) mass is 418 g/mol. The minimum absolute atomic E-state index is 0.0358. The molecule has 1 saturated carbocycles. The zero-order valence-electron chi connectivity index (χ0n) is 15.7. The van der Waals surface area contributed by atoms with Crippen molar-refractivity contribution in [2.45, 2.75) is 75.7 Å². The van der Waals surface area contributed by atoms with Gasteiger partial charge in [0, 0.05) is 16.9 Å². The van der Waals surface area contributed by atoms with Crippen molar-refractivity contribution in [1.29, 1.82) is 0 Å². The van der Waals surface area contributed by atoms with Crippen molar-refractivity contribution < 1.29 is 24.9 Å². The van der Waals surface area contributed by atoms with Crippen LogP contribution in [-0.4, -0.2) is 39.6 Å². The van der Waals surface area contributed by atoms with Crippen LogP contribution in [-0.2, 0) is 6.42 Å². The average molecular weight is 419 g/mol. The van der Waals surface area contributed by atoms with Crippen molar-refractivity contribution in [3.8, 4) is 5.06 Å². The van der Waals surface area contributed by atoms with Crippen molar-refractivity contribution >= 4 is 29.1 Å². The molecule has 1 aliphatic rings. The molecule has 0 amide bonds. The molecule has 1 fully saturated rings. The van der Waals surface area contributed by atoms with Crippen LogP contribution in [0.1, 0.15) is 62.7 Å². The van der Waals surface area contributed by atoms with E-state index in [1.54, 1.807) is 6.07 Å². The molecule has 27 heavy (non-hydrogen) atoms. The van der Waals surface area contributed by atoms with Crippen LogP contribution in [0.4, 0.5) is 4.79 Å². The van der Waals surface area contributed by atoms with Gasteiger partial charge in [-0.15, -0.1) is 22.9 Å². The first-order valence-corrected chi connectivity index (χ1v) is 11.2. The van der Waals surface area contributed by atoms with Crippen LogP contribution < -0.4 is 4.74 Å². The molecule has 5 nitrogen and oxygen atoms in total. The molecule has 0 aliphatic heterocycles. The van der Waals surface area contributed by atoms with Gasteiger partial charge in [-0.3, -0.25) is 0 Å². The number of alkyl halides is 1. The lowest BCUT2D eigenvalue weighted by Gasteiger charge is -2.23. The predicted octanol–water partition coefficient (Wildman–Crippen LogP) is 5.06. The molecule has 1 aromatic heterocycles. The van der Waals surface area contributed by atoms with Gasteiger partial charge in [-0.1, -0.05) is 25.7 Å². The molecule has 0 bridgehead atoms. The molecular weight excluding hydrogens is 388 g/mol. The van der Waals surface area contributed by atoms with E-state index < -0.39 is 6.16 Å². The third kappa shape index (κ3) is 7.60. The quantitative estimate of drug-likeness (QED) is 0.251. The molecule has 3 N–H and O–H groups in total. The Balaban J connectivity index is 1.73. The smallest absolute Gasteiger partial charge is 0.449 e. The Labute approximate surface area is 170 Å². The van der Waals surface area contributed by atoms with Crippen molar-refractivity contribution in [3.63, 3.8) is 0 Å². The predicted molar refractivity (Wildman–Crippen MR) is 108 cm³/mol. The van der Waals surface area contributed by atoms with E-state index in [0.717, 1.165) is 62.7 Å². The van der Waals surface area contributed by atoms with Crippen molar-refractivity contribution in [2.75, 3.05) is 6.61 Å². The standard InChI is InChI=1S/C20H31ClO5S/c21-17-13-18(23)16(8-4-2-1-3-5-12-22)15(17)9-6-7-14-10-11-19(27-14)26-20(24)25/h10-11,15-18,22-23H,1-9,12-13H2,(H,24,25)/t15-,16-,17-,18-/m1/s1. The SMILES string of the molecule is O=C(O)Oc1ccc(CCC[C@@H]2[C@@H](CCCCCCCO)[C@H](O)C[C@H]2Cl)s1. The van der Waals surface area contributed by atoms with Crippen LogP contribution in [0, 0.1) is 11.8 Å². The molecule has 4 atom stereocenters. The van der Waals surface area contributed by atoms with Crippen LogP contribution in [0.15, 0.2) is 12.1 Å². The number of aliphatic hydroxyl groups excluding tert-OH is 2. The number of ether oxygens (including phenoxy) is 1. The molecular formula is C20H31ClO5S. The van der Waals surface area contributed by atoms with Crippen molar-refractivity contribution in [1.82, 2.24) is 0 Å². The van der Waals surface area contributed by atoms with E-state index in [1.165, 1.54) is 11.3 Å². The van der Waals surface area contributed by atoms with Gasteiger partial charge in [-0.25, -0.2) is 4.79 Å². The van der Waals surface area contributed by atoms with Gasteiger partial charge >= 0.3 is 6.16 Å². The molecule has 0 radical (unpaired) electrons. The Bertz CT molecular complexity index is 564. The van der Waals surface area contributed by atoms with Gasteiger partial charge < -0.3 is 20.1 Å². The minimum atomic E-state index is -1.28. The van der Waals surface area contributed by atoms with Crippen molar-refractivity contribution in [2.24, 2.45) is 11.8 Å². The van der Waals surface area contributed by atoms with E-state index in [0.29, 0.717) is 17.4 Å². The highest BCUT2D eigenvalue weighted by atomic mass is 35.5. The van der Waals surface area contributed by atoms with Crippen LogP contribution in [0.2, 0.25) is 0 Å². The molecule has 2 rings (SSSR count). The third-order valence-corrected chi connectivity index (χ3v) is 6.98. The summed E-state index contributed by atoms with van der Waals surface area (Å²) in [6.45, 7) is 0.269. The highest BCUT2D eigenvalue weighted by molar-refractivity contribution is 7.13. The molecule has 1 aromatic rings. The highest BCUT2D eigenvalue weighted by Crippen LogP contribution is 2.42. The number of hydrogen-bond donors (Lipinski definition) is 3. The Kier molecular flexibility index (Phi) is 9.90. The minimum Gasteiger partial charge on any atom is -0.449 e. The number of rotatable bonds is 12. The van der Waals surface area contributed by atoms with Gasteiger partial charge in [0.1, 0.15) is 0 Å². The Morgan fingerprint density at radius 2 is 1.81 bits per heavy atom. The molecule has 0 unspecified atom stereocenters. The molecule has 0 spiro atoms. The fourth-order valence-electron chi connectivity index (χ4n) is 4.10. The van der Waals surface area contributed by atoms with Crippen LogP contribution in [0.25, 0.3) is 0 Å². The molecule has 0 saturated heterocycles. The molecule has 1 heterocycles. The Hall–Kier alpha value is -0.820. The van der Waals surface area contributed by atoms with E-state index in [9.17, 15) is 9.90 Å². The van der Waals surface area contributed by atoms with E-state index in [2.05, 4.69) is 4.74 Å². The van der Waals surface area contributed by atoms with Crippen molar-refractivity contribution in [3.05, 3.63) is 17.0 Å². The second kappa shape index (κ2) is 11.9. The summed E-state index contributed by atoms with van der Waals surface area (Å²) in [7, 11) is 0. The van der Waals surface area contributed by atoms with Crippen LogP contribution in [0.3, 0.4) is 0 Å². The number of aliphatic hydroxyl groups is 2. The average Bonchev–Trinajstić information content (AvgIpc) is 3.15. The zero-order valence-corrected chi connectivity index (χ0v) is 17.3. The first-order valence-electron chi connectivity index (χ1n) is 9.93. The second-order valence-electron chi connectivity index (χ2n) is 7.41. The largest absolute Gasteiger partial charge is 0.512 e. The van der Waals surface area contributed by atoms with Gasteiger partial charge in [0.05, 0.1) is 6.10 Å². The first kappa shape index (κ1) is 22.5. The third-order valence-electron chi connectivity index (χ3n) is 5.46. The van der Waals surface area contributed by atoms with Gasteiger partial charge in [0.25, 0.3) is 0 Å². The zero-order chi connectivity index (χ0) is 19.6. The van der Waals surface area contributed by atoms with Gasteiger partial charge in [-0.05, 0) is 62.5 Å². The number of carbonyl (C=O) groups is 1. The maximum atomic E-state index is 10.6. The number of unbranched alkanes of at least 4 members (excludes halogenated alkanes) is 4. The number of aryl methyl sites for hydroxylation is 1.